The van der Waals surface area contributed by atoms with Crippen LogP contribution < -0.4 is 21.2 Å². The fraction of sp³-hybridized carbons (Fsp3) is 0.368. The molecule has 10 heterocycles. The van der Waals surface area contributed by atoms with Crippen molar-refractivity contribution in [3.8, 4) is 0 Å². The van der Waals surface area contributed by atoms with E-state index in [9.17, 15) is 52.7 Å². The van der Waals surface area contributed by atoms with E-state index in [0.29, 0.717) is 50.1 Å². The molecule has 10 saturated heterocycles. The molecule has 0 radical (unpaired) electrons. The van der Waals surface area contributed by atoms with Gasteiger partial charge < -0.3 is 0 Å². The van der Waals surface area contributed by atoms with Gasteiger partial charge in [-0.05, 0) is 0 Å². The van der Waals surface area contributed by atoms with Gasteiger partial charge in [-0.1, -0.05) is 0 Å². The van der Waals surface area contributed by atoms with Crippen LogP contribution >= 0.6 is 15.8 Å². The Kier molecular flexibility index (Phi) is 3.04. The molecule has 10 aliphatic rings. The average molecular weight is 826 g/mol. The Morgan fingerprint density at radius 3 is 0.811 bits per heavy atom. The molecular weight excluding hydrogens is 802 g/mol. The van der Waals surface area contributed by atoms with Crippen LogP contribution in [0.2, 0.25) is 38.5 Å². The Hall–Kier alpha value is -2.58. The average Bonchev–Trinajstić information content (AvgIpc) is 4.04. The zero-order chi connectivity index (χ0) is 37.0. The summed E-state index contributed by atoms with van der Waals surface area (Å²) in [6, 6.07) is 19.3. The second-order valence-electron chi connectivity index (χ2n) is 18.5. The van der Waals surface area contributed by atoms with Crippen molar-refractivity contribution in [2.45, 2.75) is 71.3 Å². The van der Waals surface area contributed by atoms with E-state index in [1.807, 2.05) is 0 Å². The number of alkyl halides is 12. The predicted octanol–water partition coefficient (Wildman–Crippen LogP) is 11.5. The summed E-state index contributed by atoms with van der Waals surface area (Å²) in [5.74, 6) is 0. The maximum atomic E-state index is 14.4. The molecule has 0 amide bonds. The van der Waals surface area contributed by atoms with Gasteiger partial charge in [0.1, 0.15) is 0 Å². The van der Waals surface area contributed by atoms with Gasteiger partial charge in [-0.15, -0.1) is 0 Å². The minimum absolute atomic E-state index is 0.160. The molecule has 0 aliphatic carbocycles. The van der Waals surface area contributed by atoms with Gasteiger partial charge >= 0.3 is 287 Å². The molecule has 1 spiro atoms. The summed E-state index contributed by atoms with van der Waals surface area (Å²) >= 11 is 0. The molecule has 0 aromatic heterocycles. The van der Waals surface area contributed by atoms with Crippen molar-refractivity contribution in [2.24, 2.45) is 0 Å². The van der Waals surface area contributed by atoms with Gasteiger partial charge in [-0.2, -0.15) is 0 Å². The third-order valence-electron chi connectivity index (χ3n) is 21.1. The number of rotatable bonds is 6. The van der Waals surface area contributed by atoms with Gasteiger partial charge in [-0.3, -0.25) is 0 Å². The second kappa shape index (κ2) is 5.26. The van der Waals surface area contributed by atoms with Crippen LogP contribution in [0.5, 0.6) is 0 Å². The van der Waals surface area contributed by atoms with Crippen LogP contribution in [0.4, 0.5) is 52.7 Å². The number of fused-ring (bicyclic) bond motifs is 10. The Morgan fingerprint density at radius 1 is 0.377 bits per heavy atom. The molecule has 10 fully saturated rings. The summed E-state index contributed by atoms with van der Waals surface area (Å²) in [4.78, 5) is 2.33. The first-order valence-corrected chi connectivity index (χ1v) is 25.9. The van der Waals surface area contributed by atoms with E-state index < -0.39 is 77.4 Å². The van der Waals surface area contributed by atoms with E-state index in [0.717, 1.165) is 48.5 Å². The fourth-order valence-corrected chi connectivity index (χ4v) is 127. The summed E-state index contributed by atoms with van der Waals surface area (Å²) in [5, 5.41) is 1.18. The topological polar surface area (TPSA) is 0 Å². The molecule has 14 rings (SSSR count). The predicted molar refractivity (Wildman–Crippen MR) is 174 cm³/mol. The van der Waals surface area contributed by atoms with Gasteiger partial charge in [0.15, 0.2) is 0 Å². The molecule has 15 heteroatoms. The first-order chi connectivity index (χ1) is 24.5. The molecule has 0 saturated carbocycles. The first kappa shape index (κ1) is 30.6. The van der Waals surface area contributed by atoms with Gasteiger partial charge in [0.2, 0.25) is 0 Å². The van der Waals surface area contributed by atoms with E-state index in [1.54, 1.807) is 24.3 Å². The van der Waals surface area contributed by atoms with Crippen molar-refractivity contribution in [3.63, 3.8) is 0 Å². The van der Waals surface area contributed by atoms with Gasteiger partial charge in [0.05, 0.1) is 0 Å². The molecule has 4 unspecified atom stereocenters. The van der Waals surface area contributed by atoms with Crippen LogP contribution in [-0.4, -0.2) is 8.11 Å². The summed E-state index contributed by atoms with van der Waals surface area (Å²) in [6.07, 6.45) is -19.0. The van der Waals surface area contributed by atoms with Crippen LogP contribution in [0.3, 0.4) is 0 Å². The first-order valence-electron chi connectivity index (χ1n) is 17.0. The molecule has 4 aromatic carbocycles. The van der Waals surface area contributed by atoms with Crippen LogP contribution in [0.1, 0.15) is 22.3 Å². The number of hydrogen-bond donors (Lipinski definition) is 0. The van der Waals surface area contributed by atoms with E-state index in [4.69, 9.17) is 0 Å². The SMILES string of the molecule is FC(F)(F)c1cccc(P(c2cccc(C(F)(F)F)c2)[C]23[CH]4[CH]5[CH]6[C]2(P(c2cccc(C(F)(F)F)c2)c2cccc(C(F)(F)F)c2)[Fe]54632789[CH]3[CH]2[CH]7[CH]8[CH]39)c1. The Balaban J connectivity index is 1.09. The van der Waals surface area contributed by atoms with Crippen molar-refractivity contribution >= 4 is 37.1 Å². The normalized spacial score (nSPS) is 49.1. The molecule has 0 bridgehead atoms. The molecule has 10 aliphatic heterocycles. The molecule has 0 N–H and O–H groups in total. The molecule has 4 atom stereocenters. The summed E-state index contributed by atoms with van der Waals surface area (Å²) in [5.41, 5.74) is -3.75. The molecule has 0 nitrogen and oxygen atoms in total. The van der Waals surface area contributed by atoms with Crippen LogP contribution in [0, 0.1) is 0 Å². The fourth-order valence-electron chi connectivity index (χ4n) is 21.9. The van der Waals surface area contributed by atoms with Crippen LogP contribution in [0.15, 0.2) is 97.1 Å². The monoisotopic (exact) mass is 826 g/mol. The van der Waals surface area contributed by atoms with Crippen molar-refractivity contribution < 1.29 is 59.2 Å². The van der Waals surface area contributed by atoms with Crippen molar-refractivity contribution in [3.05, 3.63) is 119 Å². The Labute approximate surface area is 286 Å². The van der Waals surface area contributed by atoms with Crippen molar-refractivity contribution in [1.29, 1.82) is 0 Å². The summed E-state index contributed by atoms with van der Waals surface area (Å²) in [6.45, 7) is -5.30. The van der Waals surface area contributed by atoms with E-state index in [-0.39, 0.29) is 9.63 Å². The van der Waals surface area contributed by atoms with Gasteiger partial charge in [0, 0.05) is 0 Å². The number of halogens is 12. The van der Waals surface area contributed by atoms with Crippen LogP contribution in [-0.2, 0) is 31.2 Å². The Morgan fingerprint density at radius 2 is 0.623 bits per heavy atom. The van der Waals surface area contributed by atoms with Crippen molar-refractivity contribution in [1.82, 2.24) is 0 Å². The maximum absolute atomic E-state index is 14.4. The number of hydrogen-bond acceptors (Lipinski definition) is 0. The standard InChI is InChI=1S/C33H19F12P2.C5H5.Fe/c34-30(35,36)20-6-1-10-24(16-20)46(25-11-2-7-21(17-25)31(37,38)39)28-14-5-15-29(28)47(26-12-3-8-22(18-26)32(40,41)42)27-13-4-9-23(19-27)33(43,44)45;1-2-4-5-3-1;/h1-19H;1-5H;. The zero-order valence-corrected chi connectivity index (χ0v) is 29.5. The van der Waals surface area contributed by atoms with Gasteiger partial charge in [0.25, 0.3) is 0 Å². The summed E-state index contributed by atoms with van der Waals surface area (Å²) in [7, 11) is -3.89. The Bertz CT molecular complexity index is 2530. The van der Waals surface area contributed by atoms with Crippen molar-refractivity contribution in [2.75, 3.05) is 0 Å². The minimum atomic E-state index is -5.30. The number of benzene rings is 4. The zero-order valence-electron chi connectivity index (χ0n) is 26.6. The van der Waals surface area contributed by atoms with Crippen LogP contribution in [0.25, 0.3) is 0 Å². The third-order valence-corrected chi connectivity index (χ3v) is 77.9. The third kappa shape index (κ3) is 1.11. The molecule has 278 valence electrons. The summed E-state index contributed by atoms with van der Waals surface area (Å²) < 4.78 is 171. The second-order valence-corrected chi connectivity index (χ2v) is 47.4. The molecule has 4 aromatic rings. The van der Waals surface area contributed by atoms with E-state index >= 15 is 0 Å². The van der Waals surface area contributed by atoms with Gasteiger partial charge in [-0.25, -0.2) is 0 Å². The quantitative estimate of drug-likeness (QED) is 0.103. The van der Waals surface area contributed by atoms with E-state index in [2.05, 4.69) is 0 Å². The molecule has 53 heavy (non-hydrogen) atoms. The van der Waals surface area contributed by atoms with E-state index in [1.165, 1.54) is 24.3 Å². The molecular formula is C38H24F12FeP2.